The van der Waals surface area contributed by atoms with Crippen LogP contribution < -0.4 is 0 Å². The van der Waals surface area contributed by atoms with Crippen LogP contribution >= 0.6 is 0 Å². The fourth-order valence-electron chi connectivity index (χ4n) is 1.91. The Kier molecular flexibility index (Phi) is 6.61. The quantitative estimate of drug-likeness (QED) is 0.722. The highest BCUT2D eigenvalue weighted by Crippen LogP contribution is 2.14. The zero-order valence-electron chi connectivity index (χ0n) is 11.1. The number of methoxy groups -OCH3 is 1. The number of aliphatic hydroxyl groups excluding tert-OH is 1. The maximum absolute atomic E-state index is 12.0. The molecule has 100 valence electrons. The van der Waals surface area contributed by atoms with Crippen molar-refractivity contribution in [3.05, 3.63) is 35.9 Å². The number of ether oxygens (including phenoxy) is 1. The molecule has 2 atom stereocenters. The Morgan fingerprint density at radius 3 is 2.56 bits per heavy atom. The third kappa shape index (κ3) is 4.59. The van der Waals surface area contributed by atoms with Gasteiger partial charge in [-0.15, -0.1) is 0 Å². The van der Waals surface area contributed by atoms with E-state index in [1.165, 1.54) is 0 Å². The normalized spacial score (nSPS) is 14.2. The van der Waals surface area contributed by atoms with Gasteiger partial charge < -0.3 is 9.84 Å². The van der Waals surface area contributed by atoms with Crippen LogP contribution in [0.25, 0.3) is 0 Å². The summed E-state index contributed by atoms with van der Waals surface area (Å²) in [6, 6.07) is 8.89. The SMILES string of the molecule is CCCCC(CC(O)C(=O)c1ccccc1)OC. The van der Waals surface area contributed by atoms with Gasteiger partial charge in [-0.3, -0.25) is 4.79 Å². The topological polar surface area (TPSA) is 46.5 Å². The molecule has 0 aliphatic rings. The maximum atomic E-state index is 12.0. The highest BCUT2D eigenvalue weighted by atomic mass is 16.5. The van der Waals surface area contributed by atoms with Crippen LogP contribution in [0, 0.1) is 0 Å². The van der Waals surface area contributed by atoms with Crippen molar-refractivity contribution in [2.45, 2.75) is 44.8 Å². The summed E-state index contributed by atoms with van der Waals surface area (Å²) in [6.45, 7) is 2.11. The van der Waals surface area contributed by atoms with Gasteiger partial charge in [0, 0.05) is 19.1 Å². The first kappa shape index (κ1) is 14.9. The predicted molar refractivity (Wildman–Crippen MR) is 71.7 cm³/mol. The first-order chi connectivity index (χ1) is 8.69. The molecule has 0 aliphatic heterocycles. The highest BCUT2D eigenvalue weighted by molar-refractivity contribution is 5.99. The largest absolute Gasteiger partial charge is 0.385 e. The van der Waals surface area contributed by atoms with Gasteiger partial charge in [0.15, 0.2) is 5.78 Å². The number of unbranched alkanes of at least 4 members (excludes halogenated alkanes) is 1. The van der Waals surface area contributed by atoms with Crippen molar-refractivity contribution in [3.8, 4) is 0 Å². The Labute approximate surface area is 109 Å². The van der Waals surface area contributed by atoms with E-state index in [1.54, 1.807) is 31.4 Å². The summed E-state index contributed by atoms with van der Waals surface area (Å²) in [6.07, 6.45) is 2.35. The molecule has 2 unspecified atom stereocenters. The molecule has 0 saturated heterocycles. The number of carbonyl (C=O) groups is 1. The lowest BCUT2D eigenvalue weighted by Crippen LogP contribution is -2.27. The second-order valence-electron chi connectivity index (χ2n) is 4.48. The molecule has 0 fully saturated rings. The van der Waals surface area contributed by atoms with E-state index >= 15 is 0 Å². The van der Waals surface area contributed by atoms with Gasteiger partial charge >= 0.3 is 0 Å². The zero-order chi connectivity index (χ0) is 13.4. The van der Waals surface area contributed by atoms with Crippen molar-refractivity contribution in [1.29, 1.82) is 0 Å². The van der Waals surface area contributed by atoms with Gasteiger partial charge in [0.05, 0.1) is 6.10 Å². The van der Waals surface area contributed by atoms with E-state index in [0.717, 1.165) is 19.3 Å². The van der Waals surface area contributed by atoms with Gasteiger partial charge in [-0.1, -0.05) is 50.1 Å². The zero-order valence-corrected chi connectivity index (χ0v) is 11.1. The Morgan fingerprint density at radius 2 is 2.00 bits per heavy atom. The van der Waals surface area contributed by atoms with E-state index < -0.39 is 6.10 Å². The molecule has 18 heavy (non-hydrogen) atoms. The summed E-state index contributed by atoms with van der Waals surface area (Å²) < 4.78 is 5.30. The lowest BCUT2D eigenvalue weighted by atomic mass is 9.99. The van der Waals surface area contributed by atoms with Crippen LogP contribution in [-0.4, -0.2) is 30.2 Å². The summed E-state index contributed by atoms with van der Waals surface area (Å²) in [4.78, 5) is 12.0. The van der Waals surface area contributed by atoms with Crippen LogP contribution in [0.2, 0.25) is 0 Å². The maximum Gasteiger partial charge on any atom is 0.191 e. The fraction of sp³-hybridized carbons (Fsp3) is 0.533. The number of benzene rings is 1. The van der Waals surface area contributed by atoms with Gasteiger partial charge in [0.1, 0.15) is 6.10 Å². The monoisotopic (exact) mass is 250 g/mol. The summed E-state index contributed by atoms with van der Waals surface area (Å²) in [5.41, 5.74) is 0.551. The van der Waals surface area contributed by atoms with Gasteiger partial charge in [-0.25, -0.2) is 0 Å². The van der Waals surface area contributed by atoms with Crippen molar-refractivity contribution in [2.24, 2.45) is 0 Å². The van der Waals surface area contributed by atoms with E-state index in [2.05, 4.69) is 6.92 Å². The van der Waals surface area contributed by atoms with Gasteiger partial charge in [0.2, 0.25) is 0 Å². The van der Waals surface area contributed by atoms with E-state index in [0.29, 0.717) is 12.0 Å². The Bertz CT molecular complexity index is 348. The fourth-order valence-corrected chi connectivity index (χ4v) is 1.91. The molecule has 1 aromatic rings. The van der Waals surface area contributed by atoms with Crippen LogP contribution in [0.3, 0.4) is 0 Å². The van der Waals surface area contributed by atoms with E-state index in [9.17, 15) is 9.90 Å². The van der Waals surface area contributed by atoms with E-state index in [4.69, 9.17) is 4.74 Å². The smallest absolute Gasteiger partial charge is 0.191 e. The third-order valence-electron chi connectivity index (χ3n) is 3.06. The predicted octanol–water partition coefficient (Wildman–Crippen LogP) is 2.83. The van der Waals surface area contributed by atoms with Gasteiger partial charge in [0.25, 0.3) is 0 Å². The van der Waals surface area contributed by atoms with Crippen molar-refractivity contribution in [3.63, 3.8) is 0 Å². The molecule has 1 rings (SSSR count). The lowest BCUT2D eigenvalue weighted by Gasteiger charge is -2.18. The van der Waals surface area contributed by atoms with Crippen LogP contribution in [0.15, 0.2) is 30.3 Å². The highest BCUT2D eigenvalue weighted by Gasteiger charge is 2.21. The van der Waals surface area contributed by atoms with Crippen molar-refractivity contribution < 1.29 is 14.6 Å². The second kappa shape index (κ2) is 8.01. The van der Waals surface area contributed by atoms with Crippen molar-refractivity contribution in [1.82, 2.24) is 0 Å². The molecule has 3 nitrogen and oxygen atoms in total. The van der Waals surface area contributed by atoms with Gasteiger partial charge in [-0.05, 0) is 6.42 Å². The molecular formula is C15H22O3. The minimum atomic E-state index is -0.978. The molecule has 0 spiro atoms. The Balaban J connectivity index is 2.53. The van der Waals surface area contributed by atoms with Gasteiger partial charge in [-0.2, -0.15) is 0 Å². The first-order valence-electron chi connectivity index (χ1n) is 6.49. The number of Topliss-reactive ketones (excluding diaryl/α,β-unsaturated/α-hetero) is 1. The molecule has 0 heterocycles. The Morgan fingerprint density at radius 1 is 1.33 bits per heavy atom. The molecule has 0 saturated carbocycles. The summed E-state index contributed by atoms with van der Waals surface area (Å²) in [5.74, 6) is -0.228. The van der Waals surface area contributed by atoms with E-state index in [-0.39, 0.29) is 11.9 Å². The third-order valence-corrected chi connectivity index (χ3v) is 3.06. The van der Waals surface area contributed by atoms with Crippen LogP contribution in [0.1, 0.15) is 43.0 Å². The summed E-state index contributed by atoms with van der Waals surface area (Å²) in [5, 5.41) is 9.94. The number of hydrogen-bond acceptors (Lipinski definition) is 3. The molecule has 3 heteroatoms. The van der Waals surface area contributed by atoms with Crippen molar-refractivity contribution >= 4 is 5.78 Å². The molecule has 1 N–H and O–H groups in total. The van der Waals surface area contributed by atoms with Crippen LogP contribution in [0.5, 0.6) is 0 Å². The molecule has 0 radical (unpaired) electrons. The first-order valence-corrected chi connectivity index (χ1v) is 6.49. The minimum absolute atomic E-state index is 0.0485. The average molecular weight is 250 g/mol. The minimum Gasteiger partial charge on any atom is -0.385 e. The number of ketones is 1. The molecule has 0 bridgehead atoms. The second-order valence-corrected chi connectivity index (χ2v) is 4.48. The molecule has 1 aromatic carbocycles. The van der Waals surface area contributed by atoms with Crippen molar-refractivity contribution in [2.75, 3.05) is 7.11 Å². The molecule has 0 aliphatic carbocycles. The van der Waals surface area contributed by atoms with E-state index in [1.807, 2.05) is 6.07 Å². The van der Waals surface area contributed by atoms with Crippen LogP contribution in [-0.2, 0) is 4.74 Å². The molecular weight excluding hydrogens is 228 g/mol. The lowest BCUT2D eigenvalue weighted by molar-refractivity contribution is 0.0349. The number of aliphatic hydroxyl groups is 1. The summed E-state index contributed by atoms with van der Waals surface area (Å²) >= 11 is 0. The number of carbonyl (C=O) groups excluding carboxylic acids is 1. The summed E-state index contributed by atoms with van der Waals surface area (Å²) in [7, 11) is 1.63. The average Bonchev–Trinajstić information content (AvgIpc) is 2.43. The number of rotatable bonds is 8. The Hall–Kier alpha value is -1.19. The number of hydrogen-bond donors (Lipinski definition) is 1. The standard InChI is InChI=1S/C15H22O3/c1-3-4-10-13(18-2)11-14(16)15(17)12-8-6-5-7-9-12/h5-9,13-14,16H,3-4,10-11H2,1-2H3. The molecule has 0 amide bonds. The molecule has 0 aromatic heterocycles. The van der Waals surface area contributed by atoms with Crippen LogP contribution in [0.4, 0.5) is 0 Å².